The number of unbranched alkanes of at least 4 members (excludes halogenated alkanes) is 1. The number of aliphatic hydroxyl groups is 2. The van der Waals surface area contributed by atoms with Crippen LogP contribution in [0.25, 0.3) is 0 Å². The van der Waals surface area contributed by atoms with E-state index in [4.69, 9.17) is 9.53 Å². The molecule has 1 saturated carbocycles. The SMILES string of the molecule is CCCC(F)(F)[C@H](CCC[C@@H]1[C@@H](C/C=C\CCCC(=O)O)[C@H](O)C[C@H]1O)O[Si](C)(C)C(C)(C)C. The van der Waals surface area contributed by atoms with E-state index in [0.717, 1.165) is 0 Å². The molecule has 200 valence electrons. The third-order valence-corrected chi connectivity index (χ3v) is 12.1. The lowest BCUT2D eigenvalue weighted by Crippen LogP contribution is -2.49. The van der Waals surface area contributed by atoms with E-state index >= 15 is 8.78 Å². The molecule has 0 unspecified atom stereocenters. The van der Waals surface area contributed by atoms with Crippen molar-refractivity contribution in [1.82, 2.24) is 0 Å². The van der Waals surface area contributed by atoms with Crippen LogP contribution in [0, 0.1) is 11.8 Å². The van der Waals surface area contributed by atoms with Crippen molar-refractivity contribution in [2.75, 3.05) is 0 Å². The van der Waals surface area contributed by atoms with Gasteiger partial charge in [-0.1, -0.05) is 52.7 Å². The number of allylic oxidation sites excluding steroid dienone is 2. The van der Waals surface area contributed by atoms with Crippen molar-refractivity contribution in [2.45, 2.75) is 134 Å². The average molecular weight is 507 g/mol. The van der Waals surface area contributed by atoms with E-state index in [9.17, 15) is 15.0 Å². The Morgan fingerprint density at radius 2 is 1.74 bits per heavy atom. The summed E-state index contributed by atoms with van der Waals surface area (Å²) in [5.74, 6) is -3.98. The summed E-state index contributed by atoms with van der Waals surface area (Å²) in [5, 5.41) is 29.5. The first-order valence-electron chi connectivity index (χ1n) is 12.9. The van der Waals surface area contributed by atoms with Crippen LogP contribution >= 0.6 is 0 Å². The molecule has 5 nitrogen and oxygen atoms in total. The zero-order chi connectivity index (χ0) is 26.2. The molecule has 0 bridgehead atoms. The Morgan fingerprint density at radius 1 is 1.12 bits per heavy atom. The van der Waals surface area contributed by atoms with Crippen LogP contribution in [-0.4, -0.2) is 53.8 Å². The molecule has 1 rings (SSSR count). The third-order valence-electron chi connectivity index (χ3n) is 7.66. The van der Waals surface area contributed by atoms with Crippen LogP contribution in [0.5, 0.6) is 0 Å². The van der Waals surface area contributed by atoms with Crippen molar-refractivity contribution in [2.24, 2.45) is 11.8 Å². The molecular formula is C26H48F2O5Si. The minimum atomic E-state index is -2.89. The van der Waals surface area contributed by atoms with E-state index in [0.29, 0.717) is 44.9 Å². The Hall–Kier alpha value is -0.833. The summed E-state index contributed by atoms with van der Waals surface area (Å²) < 4.78 is 36.2. The van der Waals surface area contributed by atoms with E-state index in [1.54, 1.807) is 6.92 Å². The highest BCUT2D eigenvalue weighted by atomic mass is 28.4. The normalized spacial score (nSPS) is 25.2. The van der Waals surface area contributed by atoms with Crippen molar-refractivity contribution < 1.29 is 33.3 Å². The number of rotatable bonds is 15. The zero-order valence-corrected chi connectivity index (χ0v) is 23.0. The van der Waals surface area contributed by atoms with Crippen LogP contribution in [0.4, 0.5) is 8.78 Å². The Morgan fingerprint density at radius 3 is 2.29 bits per heavy atom. The number of hydrogen-bond donors (Lipinski definition) is 3. The summed E-state index contributed by atoms with van der Waals surface area (Å²) in [6.07, 6.45) is 5.19. The molecular weight excluding hydrogens is 458 g/mol. The highest BCUT2D eigenvalue weighted by molar-refractivity contribution is 6.74. The van der Waals surface area contributed by atoms with E-state index in [-0.39, 0.29) is 36.1 Å². The Bertz CT molecular complexity index is 648. The standard InChI is InChI=1S/C26H48F2O5Si/c1-7-17-26(27,28)23(33-34(5,6)25(2,3)4)15-12-14-20-19(21(29)18-22(20)30)13-10-8-9-11-16-24(31)32/h8,10,19-23,29-30H,7,9,11-18H2,1-6H3,(H,31,32)/b10-8-/t19-,20-,21-,22-,23+/m1/s1. The molecule has 0 heterocycles. The van der Waals surface area contributed by atoms with Gasteiger partial charge in [0, 0.05) is 12.8 Å². The maximum Gasteiger partial charge on any atom is 0.303 e. The maximum absolute atomic E-state index is 15.0. The lowest BCUT2D eigenvalue weighted by Gasteiger charge is -2.41. The van der Waals surface area contributed by atoms with Crippen molar-refractivity contribution >= 4 is 14.3 Å². The monoisotopic (exact) mass is 506 g/mol. The summed E-state index contributed by atoms with van der Waals surface area (Å²) >= 11 is 0. The summed E-state index contributed by atoms with van der Waals surface area (Å²) in [7, 11) is -2.38. The van der Waals surface area contributed by atoms with Gasteiger partial charge in [-0.3, -0.25) is 4.79 Å². The molecule has 1 fully saturated rings. The molecule has 0 spiro atoms. The quantitative estimate of drug-likeness (QED) is 0.133. The van der Waals surface area contributed by atoms with Crippen LogP contribution < -0.4 is 0 Å². The fourth-order valence-corrected chi connectivity index (χ4v) is 5.93. The van der Waals surface area contributed by atoms with Gasteiger partial charge in [0.1, 0.15) is 6.10 Å². The minimum absolute atomic E-state index is 0.123. The third kappa shape index (κ3) is 9.67. The summed E-state index contributed by atoms with van der Waals surface area (Å²) in [5.41, 5.74) is 0. The summed E-state index contributed by atoms with van der Waals surface area (Å²) in [6.45, 7) is 11.9. The smallest absolute Gasteiger partial charge is 0.303 e. The van der Waals surface area contributed by atoms with Gasteiger partial charge in [0.05, 0.1) is 12.2 Å². The highest BCUT2D eigenvalue weighted by Crippen LogP contribution is 2.43. The van der Waals surface area contributed by atoms with Crippen molar-refractivity contribution in [3.8, 4) is 0 Å². The number of halogens is 2. The zero-order valence-electron chi connectivity index (χ0n) is 22.0. The molecule has 0 amide bonds. The van der Waals surface area contributed by atoms with Crippen LogP contribution in [0.3, 0.4) is 0 Å². The Kier molecular flexibility index (Phi) is 12.4. The van der Waals surface area contributed by atoms with E-state index in [2.05, 4.69) is 0 Å². The predicted molar refractivity (Wildman–Crippen MR) is 135 cm³/mol. The molecule has 1 aliphatic carbocycles. The van der Waals surface area contributed by atoms with Crippen molar-refractivity contribution in [3.05, 3.63) is 12.2 Å². The predicted octanol–water partition coefficient (Wildman–Crippen LogP) is 6.54. The largest absolute Gasteiger partial charge is 0.481 e. The molecule has 0 aliphatic heterocycles. The Labute approximate surface area is 206 Å². The first-order chi connectivity index (χ1) is 15.6. The highest BCUT2D eigenvalue weighted by Gasteiger charge is 2.47. The number of alkyl halides is 2. The van der Waals surface area contributed by atoms with Gasteiger partial charge < -0.3 is 19.7 Å². The number of aliphatic carboxylic acids is 1. The van der Waals surface area contributed by atoms with Gasteiger partial charge >= 0.3 is 5.97 Å². The number of carbonyl (C=O) groups is 1. The van der Waals surface area contributed by atoms with Crippen LogP contribution in [0.2, 0.25) is 18.1 Å². The lowest BCUT2D eigenvalue weighted by molar-refractivity contribution is -0.137. The molecule has 0 saturated heterocycles. The maximum atomic E-state index is 15.0. The fourth-order valence-electron chi connectivity index (χ4n) is 4.57. The van der Waals surface area contributed by atoms with Gasteiger partial charge in [-0.25, -0.2) is 8.78 Å². The van der Waals surface area contributed by atoms with Gasteiger partial charge in [-0.15, -0.1) is 0 Å². The van der Waals surface area contributed by atoms with Crippen molar-refractivity contribution in [3.63, 3.8) is 0 Å². The molecule has 8 heteroatoms. The van der Waals surface area contributed by atoms with Crippen LogP contribution in [-0.2, 0) is 9.22 Å². The molecule has 1 aliphatic rings. The second-order valence-electron chi connectivity index (χ2n) is 11.5. The molecule has 0 aromatic rings. The van der Waals surface area contributed by atoms with E-state index < -0.39 is 38.5 Å². The van der Waals surface area contributed by atoms with Crippen molar-refractivity contribution in [1.29, 1.82) is 0 Å². The van der Waals surface area contributed by atoms with Gasteiger partial charge in [-0.2, -0.15) is 0 Å². The van der Waals surface area contributed by atoms with E-state index in [1.165, 1.54) is 0 Å². The molecule has 3 N–H and O–H groups in total. The lowest BCUT2D eigenvalue weighted by atomic mass is 9.85. The van der Waals surface area contributed by atoms with Gasteiger partial charge in [0.25, 0.3) is 5.92 Å². The average Bonchev–Trinajstić information content (AvgIpc) is 2.95. The summed E-state index contributed by atoms with van der Waals surface area (Å²) in [4.78, 5) is 10.6. The number of carboxylic acid groups (broad SMARTS) is 1. The minimum Gasteiger partial charge on any atom is -0.481 e. The Balaban J connectivity index is 2.76. The number of aliphatic hydroxyl groups excluding tert-OH is 2. The van der Waals surface area contributed by atoms with Crippen LogP contribution in [0.1, 0.15) is 91.9 Å². The second-order valence-corrected chi connectivity index (χ2v) is 16.3. The molecule has 5 atom stereocenters. The first kappa shape index (κ1) is 31.2. The van der Waals surface area contributed by atoms with Crippen LogP contribution in [0.15, 0.2) is 12.2 Å². The van der Waals surface area contributed by atoms with E-state index in [1.807, 2.05) is 46.0 Å². The van der Waals surface area contributed by atoms with Gasteiger partial charge in [0.15, 0.2) is 8.32 Å². The molecule has 0 radical (unpaired) electrons. The summed E-state index contributed by atoms with van der Waals surface area (Å²) in [6, 6.07) is 0. The topological polar surface area (TPSA) is 87.0 Å². The second kappa shape index (κ2) is 13.5. The molecule has 0 aromatic heterocycles. The first-order valence-corrected chi connectivity index (χ1v) is 15.8. The molecule has 34 heavy (non-hydrogen) atoms. The fraction of sp³-hybridized carbons (Fsp3) is 0.885. The van der Waals surface area contributed by atoms with Gasteiger partial charge in [0.2, 0.25) is 0 Å². The number of hydrogen-bond acceptors (Lipinski definition) is 4. The molecule has 0 aromatic carbocycles. The number of carboxylic acids is 1. The van der Waals surface area contributed by atoms with Gasteiger partial charge in [-0.05, 0) is 68.5 Å².